The number of aromatic nitrogens is 1. The molecule has 0 aliphatic carbocycles. The molecule has 0 aliphatic rings. The van der Waals surface area contributed by atoms with Crippen molar-refractivity contribution in [3.8, 4) is 10.4 Å². The van der Waals surface area contributed by atoms with Gasteiger partial charge in [-0.05, 0) is 5.56 Å². The highest BCUT2D eigenvalue weighted by atomic mass is 32.1. The van der Waals surface area contributed by atoms with Crippen LogP contribution < -0.4 is 10.3 Å². The van der Waals surface area contributed by atoms with Crippen LogP contribution in [0, 0.1) is 0 Å². The number of nitrogens with one attached hydrogen (secondary N) is 1. The van der Waals surface area contributed by atoms with Gasteiger partial charge < -0.3 is 17.9 Å². The second-order valence-corrected chi connectivity index (χ2v) is 4.25. The second-order valence-electron chi connectivity index (χ2n) is 3.24. The Bertz CT molecular complexity index is 543. The van der Waals surface area contributed by atoms with Crippen LogP contribution in [0.15, 0.2) is 35.3 Å². The van der Waals surface area contributed by atoms with Crippen molar-refractivity contribution in [3.05, 3.63) is 40.1 Å². The molecule has 0 amide bonds. The van der Waals surface area contributed by atoms with E-state index >= 15 is 0 Å². The lowest BCUT2D eigenvalue weighted by atomic mass is 9.80. The molecule has 1 aromatic heterocycles. The molecule has 1 heterocycles. The van der Waals surface area contributed by atoms with E-state index in [-0.39, 0.29) is 4.87 Å². The van der Waals surface area contributed by atoms with Crippen molar-refractivity contribution in [3.63, 3.8) is 0 Å². The van der Waals surface area contributed by atoms with Gasteiger partial charge in [0.15, 0.2) is 0 Å². The SMILES string of the molecule is O=c1[nH]cc(-c2ccc([B-](F)(F)F)cc2)s1. The summed E-state index contributed by atoms with van der Waals surface area (Å²) in [7, 11) is 0. The average Bonchev–Trinajstić information content (AvgIpc) is 2.64. The molecule has 1 aromatic carbocycles. The lowest BCUT2D eigenvalue weighted by molar-refractivity contribution is 0.501. The number of H-pyrrole nitrogens is 1. The molecule has 0 unspecified atom stereocenters. The second kappa shape index (κ2) is 3.82. The number of thiazole rings is 1. The lowest BCUT2D eigenvalue weighted by Gasteiger charge is -2.14. The minimum absolute atomic E-state index is 0.223. The van der Waals surface area contributed by atoms with Crippen molar-refractivity contribution in [2.45, 2.75) is 0 Å². The van der Waals surface area contributed by atoms with Gasteiger partial charge in [-0.15, -0.1) is 5.46 Å². The molecule has 0 spiro atoms. The molecule has 2 aromatic rings. The van der Waals surface area contributed by atoms with Gasteiger partial charge in [-0.3, -0.25) is 4.79 Å². The summed E-state index contributed by atoms with van der Waals surface area (Å²) in [5.74, 6) is 0. The molecule has 0 bridgehead atoms. The van der Waals surface area contributed by atoms with E-state index in [4.69, 9.17) is 0 Å². The molecule has 16 heavy (non-hydrogen) atoms. The summed E-state index contributed by atoms with van der Waals surface area (Å²) >= 11 is 0.967. The van der Waals surface area contributed by atoms with Crippen LogP contribution in [0.1, 0.15) is 0 Å². The smallest absolute Gasteiger partial charge is 0.445 e. The molecule has 7 heteroatoms. The van der Waals surface area contributed by atoms with Gasteiger partial charge in [0.05, 0.1) is 4.88 Å². The topological polar surface area (TPSA) is 32.9 Å². The van der Waals surface area contributed by atoms with E-state index in [0.29, 0.717) is 10.4 Å². The predicted molar refractivity (Wildman–Crippen MR) is 59.1 cm³/mol. The van der Waals surface area contributed by atoms with E-state index < -0.39 is 12.4 Å². The predicted octanol–water partition coefficient (Wildman–Crippen LogP) is 2.16. The fourth-order valence-corrected chi connectivity index (χ4v) is 1.98. The van der Waals surface area contributed by atoms with E-state index in [1.54, 1.807) is 0 Å². The summed E-state index contributed by atoms with van der Waals surface area (Å²) in [6, 6.07) is 4.78. The molecule has 2 rings (SSSR count). The van der Waals surface area contributed by atoms with Crippen molar-refractivity contribution in [1.82, 2.24) is 4.98 Å². The summed E-state index contributed by atoms with van der Waals surface area (Å²) < 4.78 is 37.0. The van der Waals surface area contributed by atoms with Crippen molar-refractivity contribution in [2.24, 2.45) is 0 Å². The number of halogens is 3. The van der Waals surface area contributed by atoms with Gasteiger partial charge in [-0.1, -0.05) is 35.6 Å². The first-order valence-electron chi connectivity index (χ1n) is 4.45. The number of hydrogen-bond acceptors (Lipinski definition) is 2. The van der Waals surface area contributed by atoms with E-state index in [1.165, 1.54) is 18.3 Å². The van der Waals surface area contributed by atoms with Crippen LogP contribution in [0.5, 0.6) is 0 Å². The maximum Gasteiger partial charge on any atom is 0.509 e. The fraction of sp³-hybridized carbons (Fsp3) is 0. The number of rotatable bonds is 2. The van der Waals surface area contributed by atoms with Crippen LogP contribution in [0.4, 0.5) is 12.9 Å². The molecular formula is C9H6BF3NOS-. The van der Waals surface area contributed by atoms with Crippen LogP contribution in [0.2, 0.25) is 0 Å². The third kappa shape index (κ3) is 2.19. The van der Waals surface area contributed by atoms with Gasteiger partial charge in [0.2, 0.25) is 0 Å². The van der Waals surface area contributed by atoms with Gasteiger partial charge in [0, 0.05) is 6.20 Å². The Kier molecular flexibility index (Phi) is 2.63. The monoisotopic (exact) mass is 244 g/mol. The summed E-state index contributed by atoms with van der Waals surface area (Å²) in [6.45, 7) is -4.95. The van der Waals surface area contributed by atoms with Crippen molar-refractivity contribution in [2.75, 3.05) is 0 Å². The first-order chi connectivity index (χ1) is 7.47. The maximum atomic E-state index is 12.3. The van der Waals surface area contributed by atoms with Gasteiger partial charge >= 0.3 is 11.9 Å². The molecule has 0 aliphatic heterocycles. The van der Waals surface area contributed by atoms with Crippen LogP contribution >= 0.6 is 11.3 Å². The fourth-order valence-electron chi connectivity index (χ4n) is 1.29. The normalized spacial score (nSPS) is 11.7. The Morgan fingerprint density at radius 3 is 2.19 bits per heavy atom. The molecule has 0 saturated carbocycles. The van der Waals surface area contributed by atoms with E-state index in [1.807, 2.05) is 0 Å². The Morgan fingerprint density at radius 2 is 1.75 bits per heavy atom. The summed E-state index contributed by atoms with van der Waals surface area (Å²) in [6.07, 6.45) is 1.49. The van der Waals surface area contributed by atoms with Crippen LogP contribution in [0.3, 0.4) is 0 Å². The maximum absolute atomic E-state index is 12.3. The standard InChI is InChI=1S/C9H6BF3NOS/c11-10(12,13)7-3-1-6(2-4-7)8-5-14-9(15)16-8/h1-5H,(H,14,15)/q-1. The van der Waals surface area contributed by atoms with Crippen LogP contribution in [-0.2, 0) is 0 Å². The summed E-state index contributed by atoms with van der Waals surface area (Å²) in [4.78, 5) is 13.7. The van der Waals surface area contributed by atoms with Gasteiger partial charge in [0.25, 0.3) is 0 Å². The van der Waals surface area contributed by atoms with Crippen molar-refractivity contribution >= 4 is 23.8 Å². The largest absolute Gasteiger partial charge is 0.509 e. The Labute approximate surface area is 92.8 Å². The zero-order valence-electron chi connectivity index (χ0n) is 7.91. The van der Waals surface area contributed by atoms with Gasteiger partial charge in [-0.2, -0.15) is 0 Å². The highest BCUT2D eigenvalue weighted by molar-refractivity contribution is 7.12. The van der Waals surface area contributed by atoms with Crippen LogP contribution in [-0.4, -0.2) is 12.0 Å². The number of benzene rings is 1. The summed E-state index contributed by atoms with van der Waals surface area (Å²) in [5.41, 5.74) is -0.0289. The molecule has 0 radical (unpaired) electrons. The highest BCUT2D eigenvalue weighted by Gasteiger charge is 2.24. The Morgan fingerprint density at radius 1 is 1.12 bits per heavy atom. The minimum atomic E-state index is -4.95. The van der Waals surface area contributed by atoms with Crippen molar-refractivity contribution in [1.29, 1.82) is 0 Å². The summed E-state index contributed by atoms with van der Waals surface area (Å²) in [5, 5.41) is 0. The third-order valence-corrected chi connectivity index (χ3v) is 2.97. The first-order valence-corrected chi connectivity index (χ1v) is 5.27. The van der Waals surface area contributed by atoms with Crippen molar-refractivity contribution < 1.29 is 12.9 Å². The lowest BCUT2D eigenvalue weighted by Crippen LogP contribution is -2.33. The molecule has 0 fully saturated rings. The van der Waals surface area contributed by atoms with E-state index in [0.717, 1.165) is 23.5 Å². The minimum Gasteiger partial charge on any atom is -0.445 e. The highest BCUT2D eigenvalue weighted by Crippen LogP contribution is 2.20. The zero-order valence-corrected chi connectivity index (χ0v) is 8.73. The van der Waals surface area contributed by atoms with Crippen LogP contribution in [0.25, 0.3) is 10.4 Å². The molecular weight excluding hydrogens is 238 g/mol. The van der Waals surface area contributed by atoms with Gasteiger partial charge in [0.1, 0.15) is 0 Å². The van der Waals surface area contributed by atoms with Gasteiger partial charge in [-0.25, -0.2) is 0 Å². The molecule has 1 N–H and O–H groups in total. The van der Waals surface area contributed by atoms with E-state index in [2.05, 4.69) is 4.98 Å². The first kappa shape index (κ1) is 11.0. The molecule has 2 nitrogen and oxygen atoms in total. The molecule has 0 atom stereocenters. The average molecular weight is 244 g/mol. The van der Waals surface area contributed by atoms with E-state index in [9.17, 15) is 17.7 Å². The molecule has 0 saturated heterocycles. The Balaban J connectivity index is 2.36. The number of hydrogen-bond donors (Lipinski definition) is 1. The molecule has 84 valence electrons. The number of aromatic amines is 1. The third-order valence-electron chi connectivity index (χ3n) is 2.10. The Hall–Kier alpha value is -1.50. The zero-order chi connectivity index (χ0) is 11.8. The quantitative estimate of drug-likeness (QED) is 0.806.